The molecule has 14 aromatic rings. The van der Waals surface area contributed by atoms with Crippen LogP contribution in [-0.2, 0) is 27.1 Å². The van der Waals surface area contributed by atoms with E-state index >= 15 is 0 Å². The smallest absolute Gasteiger partial charge is 0.253 e. The van der Waals surface area contributed by atoms with Crippen LogP contribution in [0.5, 0.6) is 0 Å². The van der Waals surface area contributed by atoms with Gasteiger partial charge in [-0.15, -0.1) is 0 Å². The highest BCUT2D eigenvalue weighted by atomic mass is 16.3. The molecule has 0 aliphatic carbocycles. The first kappa shape index (κ1) is 56.9. The maximum absolute atomic E-state index is 7.60. The lowest BCUT2D eigenvalue weighted by atomic mass is 9.32. The Hall–Kier alpha value is -9.32. The highest BCUT2D eigenvalue weighted by molar-refractivity contribution is 7.02. The highest BCUT2D eigenvalue weighted by Gasteiger charge is 2.47. The number of anilines is 6. The van der Waals surface area contributed by atoms with Crippen LogP contribution in [0.4, 0.5) is 34.1 Å². The third-order valence-corrected chi connectivity index (χ3v) is 20.3. The average Bonchev–Trinajstić information content (AvgIpc) is 1.58. The van der Waals surface area contributed by atoms with E-state index < -0.39 is 0 Å². The molecule has 5 heteroatoms. The van der Waals surface area contributed by atoms with Gasteiger partial charge in [-0.2, -0.15) is 0 Å². The third-order valence-electron chi connectivity index (χ3n) is 20.3. The van der Waals surface area contributed by atoms with Gasteiger partial charge in [0.15, 0.2) is 5.58 Å². The molecule has 0 fully saturated rings. The van der Waals surface area contributed by atoms with Crippen LogP contribution in [-0.4, -0.2) is 11.3 Å². The topological polar surface area (TPSA) is 24.6 Å². The van der Waals surface area contributed by atoms with Gasteiger partial charge in [-0.25, -0.2) is 0 Å². The van der Waals surface area contributed by atoms with Gasteiger partial charge < -0.3 is 18.8 Å². The standard InChI is InChI=1S/C86H80BN3O/c1-82(2,3)53-30-28-51(29-31-53)52-44-73-79-74(45-52)89(59-39-40-64-62-24-17-16-22-60(62)61-23-18-19-25-63(61)66(64)49-59)75-50-76(90-70-41-34-55(84(7,8)9)46-67(70)68-47-56(85(10,11)12)35-42-71(68)90)81-78(65-26-20-21-27-77(65)91-81)80(75)87(79)69-48-57(86(13,14)15)36-43-72(69)88(73)58-37-32-54(33-38-58)83(4,5)6/h16-50H,1-15H3. The zero-order valence-electron chi connectivity index (χ0n) is 55.5. The Labute approximate surface area is 536 Å². The number of furan rings is 1. The van der Waals surface area contributed by atoms with Crippen molar-refractivity contribution in [1.29, 1.82) is 0 Å². The van der Waals surface area contributed by atoms with E-state index in [1.54, 1.807) is 0 Å². The molecule has 448 valence electrons. The van der Waals surface area contributed by atoms with Gasteiger partial charge in [0.2, 0.25) is 0 Å². The number of para-hydroxylation sites is 1. The minimum atomic E-state index is -0.222. The number of hydrogen-bond acceptors (Lipinski definition) is 3. The van der Waals surface area contributed by atoms with Crippen molar-refractivity contribution in [2.45, 2.75) is 131 Å². The van der Waals surface area contributed by atoms with Crippen LogP contribution in [0.3, 0.4) is 0 Å². The summed E-state index contributed by atoms with van der Waals surface area (Å²) in [5.74, 6) is 0. The molecule has 16 rings (SSSR count). The SMILES string of the molecule is CC(C)(C)c1ccc(-c2cc3c4c(c2)N(c2ccc5c6ccccc6c6ccccc6c5c2)c2cc(-n5c6ccc(C(C)(C)C)cc6c6cc(C(C)(C)C)ccc65)c5oc6ccccc6c5c2B4c2cc(C(C)(C)C)ccc2N3c2ccc(C(C)(C)C)cc2)cc1. The molecule has 0 saturated carbocycles. The predicted octanol–water partition coefficient (Wildman–Crippen LogP) is 22.4. The molecule has 0 unspecified atom stereocenters. The van der Waals surface area contributed by atoms with Crippen LogP contribution < -0.4 is 26.2 Å². The van der Waals surface area contributed by atoms with Crippen molar-refractivity contribution >= 4 is 133 Å². The number of hydrogen-bond donors (Lipinski definition) is 0. The molecule has 0 saturated heterocycles. The van der Waals surface area contributed by atoms with Crippen LogP contribution in [0.1, 0.15) is 132 Å². The zero-order chi connectivity index (χ0) is 63.2. The molecular formula is C86H80BN3O. The minimum absolute atomic E-state index is 0.00818. The normalized spacial score (nSPS) is 13.8. The molecule has 12 aromatic carbocycles. The van der Waals surface area contributed by atoms with Crippen molar-refractivity contribution in [3.8, 4) is 16.8 Å². The number of nitrogens with zero attached hydrogens (tertiary/aromatic N) is 3. The zero-order valence-corrected chi connectivity index (χ0v) is 55.5. The molecule has 0 radical (unpaired) electrons. The maximum Gasteiger partial charge on any atom is 0.253 e. The van der Waals surface area contributed by atoms with Crippen molar-refractivity contribution in [2.24, 2.45) is 0 Å². The monoisotopic (exact) mass is 1180 g/mol. The van der Waals surface area contributed by atoms with Gasteiger partial charge >= 0.3 is 0 Å². The summed E-state index contributed by atoms with van der Waals surface area (Å²) in [5.41, 5.74) is 24.3. The second-order valence-corrected chi connectivity index (χ2v) is 31.4. The summed E-state index contributed by atoms with van der Waals surface area (Å²) in [6, 6.07) is 82.2. The number of fused-ring (bicyclic) bond motifs is 17. The first-order chi connectivity index (χ1) is 43.3. The van der Waals surface area contributed by atoms with Crippen molar-refractivity contribution < 1.29 is 4.42 Å². The van der Waals surface area contributed by atoms with Crippen molar-refractivity contribution in [3.63, 3.8) is 0 Å². The van der Waals surface area contributed by atoms with Crippen molar-refractivity contribution in [3.05, 3.63) is 240 Å². The van der Waals surface area contributed by atoms with Crippen LogP contribution in [0.15, 0.2) is 217 Å². The molecule has 0 N–H and O–H groups in total. The third kappa shape index (κ3) is 8.84. The quantitative estimate of drug-likeness (QED) is 0.130. The molecule has 0 atom stereocenters. The van der Waals surface area contributed by atoms with Crippen LogP contribution >= 0.6 is 0 Å². The summed E-state index contributed by atoms with van der Waals surface area (Å²) in [7, 11) is 0. The number of aromatic nitrogens is 1. The summed E-state index contributed by atoms with van der Waals surface area (Å²) in [5, 5.41) is 12.2. The Morgan fingerprint density at radius 3 is 1.26 bits per heavy atom. The van der Waals surface area contributed by atoms with Gasteiger partial charge in [0.1, 0.15) is 5.58 Å². The molecule has 2 aromatic heterocycles. The lowest BCUT2D eigenvalue weighted by Crippen LogP contribution is -2.61. The van der Waals surface area contributed by atoms with E-state index in [1.165, 1.54) is 104 Å². The van der Waals surface area contributed by atoms with Gasteiger partial charge in [0.25, 0.3) is 6.71 Å². The molecular weight excluding hydrogens is 1100 g/mol. The number of benzene rings is 12. The minimum Gasteiger partial charge on any atom is -0.454 e. The fourth-order valence-electron chi connectivity index (χ4n) is 15.2. The van der Waals surface area contributed by atoms with Gasteiger partial charge in [-0.05, 0) is 194 Å². The Kier molecular flexibility index (Phi) is 12.3. The summed E-state index contributed by atoms with van der Waals surface area (Å²) >= 11 is 0. The summed E-state index contributed by atoms with van der Waals surface area (Å²) in [6.07, 6.45) is 0. The lowest BCUT2D eigenvalue weighted by Gasteiger charge is -2.45. The van der Waals surface area contributed by atoms with Gasteiger partial charge in [-0.1, -0.05) is 237 Å². The van der Waals surface area contributed by atoms with Crippen LogP contribution in [0.2, 0.25) is 0 Å². The van der Waals surface area contributed by atoms with E-state index in [2.05, 4.69) is 331 Å². The van der Waals surface area contributed by atoms with E-state index in [9.17, 15) is 0 Å². The van der Waals surface area contributed by atoms with Gasteiger partial charge in [0, 0.05) is 55.7 Å². The van der Waals surface area contributed by atoms with E-state index in [1.807, 2.05) is 0 Å². The largest absolute Gasteiger partial charge is 0.454 e. The summed E-state index contributed by atoms with van der Waals surface area (Å²) < 4.78 is 10.1. The maximum atomic E-state index is 7.60. The fourth-order valence-corrected chi connectivity index (χ4v) is 15.2. The van der Waals surface area contributed by atoms with Gasteiger partial charge in [-0.3, -0.25) is 0 Å². The first-order valence-electron chi connectivity index (χ1n) is 32.8. The molecule has 2 aliphatic rings. The second-order valence-electron chi connectivity index (χ2n) is 31.4. The number of rotatable bonds is 4. The molecule has 91 heavy (non-hydrogen) atoms. The van der Waals surface area contributed by atoms with Crippen LogP contribution in [0, 0.1) is 0 Å². The Balaban J connectivity index is 1.10. The molecule has 2 aliphatic heterocycles. The van der Waals surface area contributed by atoms with E-state index in [4.69, 9.17) is 4.42 Å². The Morgan fingerprint density at radius 2 is 0.725 bits per heavy atom. The highest BCUT2D eigenvalue weighted by Crippen LogP contribution is 2.52. The van der Waals surface area contributed by atoms with Gasteiger partial charge in [0.05, 0.1) is 16.7 Å². The van der Waals surface area contributed by atoms with E-state index in [0.717, 1.165) is 67.0 Å². The van der Waals surface area contributed by atoms with Crippen LogP contribution in [0.25, 0.3) is 92.9 Å². The fraction of sp³-hybridized carbons (Fsp3) is 0.233. The second kappa shape index (κ2) is 19.6. The Bertz CT molecular complexity index is 5260. The molecule has 4 heterocycles. The molecule has 0 amide bonds. The van der Waals surface area contributed by atoms with Crippen molar-refractivity contribution in [2.75, 3.05) is 9.80 Å². The van der Waals surface area contributed by atoms with E-state index in [0.29, 0.717) is 0 Å². The summed E-state index contributed by atoms with van der Waals surface area (Å²) in [4.78, 5) is 5.25. The molecule has 0 bridgehead atoms. The molecule has 4 nitrogen and oxygen atoms in total. The Morgan fingerprint density at radius 1 is 0.297 bits per heavy atom. The predicted molar refractivity (Wildman–Crippen MR) is 394 cm³/mol. The van der Waals surface area contributed by atoms with E-state index in [-0.39, 0.29) is 33.8 Å². The summed E-state index contributed by atoms with van der Waals surface area (Å²) in [6.45, 7) is 34.7. The van der Waals surface area contributed by atoms with Crippen molar-refractivity contribution in [1.82, 2.24) is 4.57 Å². The lowest BCUT2D eigenvalue weighted by molar-refractivity contribution is 0.590. The average molecular weight is 1180 g/mol. The molecule has 0 spiro atoms. The first-order valence-corrected chi connectivity index (χ1v) is 32.8.